The van der Waals surface area contributed by atoms with E-state index in [1.807, 2.05) is 23.1 Å². The Hall–Kier alpha value is -1.35. The number of carbonyl (C=O) groups excluding carboxylic acids is 1. The van der Waals surface area contributed by atoms with E-state index in [1.165, 1.54) is 5.56 Å². The number of benzene rings is 1. The lowest BCUT2D eigenvalue weighted by atomic mass is 9.95. The molecular formula is C14H17NO2. The van der Waals surface area contributed by atoms with E-state index in [4.69, 9.17) is 4.74 Å². The molecule has 0 bridgehead atoms. The van der Waals surface area contributed by atoms with Crippen molar-refractivity contribution in [1.29, 1.82) is 0 Å². The highest BCUT2D eigenvalue weighted by molar-refractivity contribution is 5.78. The number of piperidine rings is 1. The summed E-state index contributed by atoms with van der Waals surface area (Å²) in [5.74, 6) is 0.681. The fourth-order valence-electron chi connectivity index (χ4n) is 2.84. The first kappa shape index (κ1) is 10.8. The van der Waals surface area contributed by atoms with Gasteiger partial charge in [-0.05, 0) is 12.0 Å². The topological polar surface area (TPSA) is 29.5 Å². The highest BCUT2D eigenvalue weighted by Crippen LogP contribution is 2.38. The average molecular weight is 231 g/mol. The number of nitrogens with zero attached hydrogens (tertiary/aromatic N) is 1. The molecule has 0 N–H and O–H groups in total. The van der Waals surface area contributed by atoms with Crippen LogP contribution in [0.4, 0.5) is 0 Å². The number of hydrogen-bond donors (Lipinski definition) is 0. The second kappa shape index (κ2) is 4.15. The van der Waals surface area contributed by atoms with E-state index in [0.717, 1.165) is 6.42 Å². The van der Waals surface area contributed by atoms with Gasteiger partial charge in [-0.1, -0.05) is 37.3 Å². The van der Waals surface area contributed by atoms with Crippen molar-refractivity contribution in [3.63, 3.8) is 0 Å². The van der Waals surface area contributed by atoms with Crippen molar-refractivity contribution >= 4 is 5.91 Å². The summed E-state index contributed by atoms with van der Waals surface area (Å²) in [5.41, 5.74) is 1.18. The minimum atomic E-state index is -0.0125. The molecule has 1 amide bonds. The molecule has 2 heterocycles. The quantitative estimate of drug-likeness (QED) is 0.742. The first-order chi connectivity index (χ1) is 8.27. The zero-order chi connectivity index (χ0) is 11.8. The molecule has 3 nitrogen and oxygen atoms in total. The van der Waals surface area contributed by atoms with Gasteiger partial charge in [0.2, 0.25) is 5.91 Å². The number of carbonyl (C=O) groups is 1. The van der Waals surface area contributed by atoms with E-state index in [0.29, 0.717) is 18.9 Å². The van der Waals surface area contributed by atoms with Crippen molar-refractivity contribution in [2.24, 2.45) is 5.92 Å². The first-order valence-corrected chi connectivity index (χ1v) is 6.25. The van der Waals surface area contributed by atoms with Crippen LogP contribution >= 0.6 is 0 Å². The monoisotopic (exact) mass is 231 g/mol. The molecule has 0 aliphatic carbocycles. The Balaban J connectivity index is 1.91. The van der Waals surface area contributed by atoms with E-state index in [1.54, 1.807) is 0 Å². The smallest absolute Gasteiger partial charge is 0.225 e. The van der Waals surface area contributed by atoms with Crippen LogP contribution in [0.15, 0.2) is 30.3 Å². The maximum atomic E-state index is 12.1. The summed E-state index contributed by atoms with van der Waals surface area (Å²) >= 11 is 0. The highest BCUT2D eigenvalue weighted by atomic mass is 16.5. The summed E-state index contributed by atoms with van der Waals surface area (Å²) in [5, 5.41) is 0. The van der Waals surface area contributed by atoms with Gasteiger partial charge in [0, 0.05) is 12.3 Å². The zero-order valence-electron chi connectivity index (χ0n) is 10.0. The van der Waals surface area contributed by atoms with Crippen LogP contribution in [-0.2, 0) is 9.53 Å². The van der Waals surface area contributed by atoms with Gasteiger partial charge in [0.1, 0.15) is 6.23 Å². The van der Waals surface area contributed by atoms with Crippen molar-refractivity contribution in [2.75, 3.05) is 6.61 Å². The van der Waals surface area contributed by atoms with Crippen molar-refractivity contribution < 1.29 is 9.53 Å². The molecule has 3 heteroatoms. The summed E-state index contributed by atoms with van der Waals surface area (Å²) in [7, 11) is 0. The molecule has 2 aliphatic rings. The lowest BCUT2D eigenvalue weighted by Gasteiger charge is -2.36. The molecule has 0 spiro atoms. The summed E-state index contributed by atoms with van der Waals surface area (Å²) in [4.78, 5) is 14.0. The van der Waals surface area contributed by atoms with Crippen molar-refractivity contribution in [3.8, 4) is 0 Å². The molecule has 3 atom stereocenters. The second-order valence-electron chi connectivity index (χ2n) is 4.97. The molecule has 1 aromatic carbocycles. The van der Waals surface area contributed by atoms with Gasteiger partial charge in [0.05, 0.1) is 12.6 Å². The van der Waals surface area contributed by atoms with E-state index in [-0.39, 0.29) is 18.2 Å². The molecule has 0 radical (unpaired) electrons. The fraction of sp³-hybridized carbons (Fsp3) is 0.500. The number of rotatable bonds is 1. The number of hydrogen-bond acceptors (Lipinski definition) is 2. The van der Waals surface area contributed by atoms with Gasteiger partial charge in [0.15, 0.2) is 0 Å². The Morgan fingerprint density at radius 1 is 1.29 bits per heavy atom. The third-order valence-corrected chi connectivity index (χ3v) is 3.81. The maximum Gasteiger partial charge on any atom is 0.225 e. The molecule has 0 aromatic heterocycles. The summed E-state index contributed by atoms with van der Waals surface area (Å²) in [6.07, 6.45) is 1.59. The standard InChI is InChI=1S/C14H17NO2/c1-10-7-8-13(16)15-12(9-17-14(10)15)11-5-3-2-4-6-11/h2-6,10,12,14H,7-9H2,1H3/t10-,12+,14+/m1/s1. The summed E-state index contributed by atoms with van der Waals surface area (Å²) in [6, 6.07) is 10.3. The lowest BCUT2D eigenvalue weighted by Crippen LogP contribution is -2.45. The predicted octanol–water partition coefficient (Wildman–Crippen LogP) is 2.34. The molecule has 1 aromatic rings. The van der Waals surface area contributed by atoms with Crippen LogP contribution in [0.2, 0.25) is 0 Å². The van der Waals surface area contributed by atoms with Gasteiger partial charge in [-0.2, -0.15) is 0 Å². The van der Waals surface area contributed by atoms with Crippen LogP contribution in [0.25, 0.3) is 0 Å². The van der Waals surface area contributed by atoms with Crippen LogP contribution in [-0.4, -0.2) is 23.6 Å². The van der Waals surface area contributed by atoms with E-state index in [9.17, 15) is 4.79 Å². The third-order valence-electron chi connectivity index (χ3n) is 3.81. The molecule has 2 aliphatic heterocycles. The molecule has 2 saturated heterocycles. The lowest BCUT2D eigenvalue weighted by molar-refractivity contribution is -0.146. The van der Waals surface area contributed by atoms with Crippen molar-refractivity contribution in [1.82, 2.24) is 4.90 Å². The molecule has 0 unspecified atom stereocenters. The average Bonchev–Trinajstić information content (AvgIpc) is 2.81. The predicted molar refractivity (Wildman–Crippen MR) is 64.2 cm³/mol. The zero-order valence-corrected chi connectivity index (χ0v) is 10.0. The highest BCUT2D eigenvalue weighted by Gasteiger charge is 2.43. The molecule has 90 valence electrons. The van der Waals surface area contributed by atoms with E-state index in [2.05, 4.69) is 19.1 Å². The molecule has 0 saturated carbocycles. The molecule has 17 heavy (non-hydrogen) atoms. The number of ether oxygens (including phenoxy) is 1. The fourth-order valence-corrected chi connectivity index (χ4v) is 2.84. The van der Waals surface area contributed by atoms with Crippen LogP contribution < -0.4 is 0 Å². The summed E-state index contributed by atoms with van der Waals surface area (Å²) in [6.45, 7) is 2.79. The Kier molecular flexibility index (Phi) is 2.63. The van der Waals surface area contributed by atoms with Gasteiger partial charge >= 0.3 is 0 Å². The summed E-state index contributed by atoms with van der Waals surface area (Å²) < 4.78 is 5.81. The van der Waals surface area contributed by atoms with E-state index >= 15 is 0 Å². The number of amides is 1. The van der Waals surface area contributed by atoms with Crippen molar-refractivity contribution in [2.45, 2.75) is 32.0 Å². The second-order valence-corrected chi connectivity index (χ2v) is 4.97. The normalized spacial score (nSPS) is 32.6. The molecular weight excluding hydrogens is 214 g/mol. The largest absolute Gasteiger partial charge is 0.355 e. The molecule has 3 rings (SSSR count). The SMILES string of the molecule is C[C@@H]1CCC(=O)N2[C@H](c3ccccc3)CO[C@@H]12. The van der Waals surface area contributed by atoms with Gasteiger partial charge in [0.25, 0.3) is 0 Å². The van der Waals surface area contributed by atoms with Gasteiger partial charge in [-0.15, -0.1) is 0 Å². The Morgan fingerprint density at radius 3 is 2.82 bits per heavy atom. The van der Waals surface area contributed by atoms with Crippen LogP contribution in [0.5, 0.6) is 0 Å². The Labute approximate surface area is 101 Å². The van der Waals surface area contributed by atoms with Crippen LogP contribution in [0.1, 0.15) is 31.4 Å². The van der Waals surface area contributed by atoms with Gasteiger partial charge in [-0.3, -0.25) is 4.79 Å². The number of fused-ring (bicyclic) bond motifs is 1. The van der Waals surface area contributed by atoms with Gasteiger partial charge in [-0.25, -0.2) is 0 Å². The minimum absolute atomic E-state index is 0.0125. The Bertz CT molecular complexity index is 417. The van der Waals surface area contributed by atoms with Gasteiger partial charge < -0.3 is 9.64 Å². The maximum absolute atomic E-state index is 12.1. The molecule has 2 fully saturated rings. The minimum Gasteiger partial charge on any atom is -0.355 e. The van der Waals surface area contributed by atoms with Crippen LogP contribution in [0.3, 0.4) is 0 Å². The first-order valence-electron chi connectivity index (χ1n) is 6.25. The Morgan fingerprint density at radius 2 is 2.06 bits per heavy atom. The van der Waals surface area contributed by atoms with Crippen LogP contribution in [0, 0.1) is 5.92 Å². The van der Waals surface area contributed by atoms with Crippen molar-refractivity contribution in [3.05, 3.63) is 35.9 Å². The van der Waals surface area contributed by atoms with E-state index < -0.39 is 0 Å². The third kappa shape index (κ3) is 1.75.